The van der Waals surface area contributed by atoms with Gasteiger partial charge in [-0.3, -0.25) is 9.36 Å². The van der Waals surface area contributed by atoms with Crippen molar-refractivity contribution in [2.75, 3.05) is 0 Å². The number of aromatic hydroxyl groups is 1. The van der Waals surface area contributed by atoms with Crippen LogP contribution in [0.2, 0.25) is 0 Å². The van der Waals surface area contributed by atoms with Gasteiger partial charge in [-0.1, -0.05) is 12.5 Å². The lowest BCUT2D eigenvalue weighted by molar-refractivity contribution is 0.470. The SMILES string of the molecule is C=CCc1c(O)ccc2nc3n(c(=O)c12)CCCCC3. The van der Waals surface area contributed by atoms with Crippen LogP contribution >= 0.6 is 0 Å². The van der Waals surface area contributed by atoms with E-state index < -0.39 is 0 Å². The largest absolute Gasteiger partial charge is 0.508 e. The van der Waals surface area contributed by atoms with Gasteiger partial charge in [0.2, 0.25) is 0 Å². The summed E-state index contributed by atoms with van der Waals surface area (Å²) in [7, 11) is 0. The highest BCUT2D eigenvalue weighted by Gasteiger charge is 2.17. The molecule has 2 aromatic rings. The standard InChI is InChI=1S/C16H18N2O2/c1-2-6-11-13(19)9-8-12-15(11)16(20)18-10-5-3-4-7-14(18)17-12/h2,8-9,19H,1,3-7,10H2. The highest BCUT2D eigenvalue weighted by atomic mass is 16.3. The molecule has 0 fully saturated rings. The monoisotopic (exact) mass is 270 g/mol. The first-order valence-electron chi connectivity index (χ1n) is 7.07. The number of rotatable bonds is 2. The van der Waals surface area contributed by atoms with Crippen LogP contribution in [0.4, 0.5) is 0 Å². The molecule has 0 saturated heterocycles. The number of benzene rings is 1. The highest BCUT2D eigenvalue weighted by Crippen LogP contribution is 2.25. The molecule has 4 nitrogen and oxygen atoms in total. The van der Waals surface area contributed by atoms with Crippen molar-refractivity contribution < 1.29 is 5.11 Å². The van der Waals surface area contributed by atoms with Crippen LogP contribution in [0.5, 0.6) is 5.75 Å². The average Bonchev–Trinajstić information content (AvgIpc) is 2.68. The molecule has 0 spiro atoms. The molecule has 0 bridgehead atoms. The van der Waals surface area contributed by atoms with E-state index in [2.05, 4.69) is 11.6 Å². The molecule has 0 radical (unpaired) electrons. The number of aryl methyl sites for hydroxylation is 1. The number of nitrogens with zero attached hydrogens (tertiary/aromatic N) is 2. The van der Waals surface area contributed by atoms with Crippen LogP contribution in [-0.2, 0) is 19.4 Å². The summed E-state index contributed by atoms with van der Waals surface area (Å²) in [6.45, 7) is 4.42. The maximum atomic E-state index is 12.8. The zero-order valence-corrected chi connectivity index (χ0v) is 11.4. The van der Waals surface area contributed by atoms with Crippen LogP contribution in [0.25, 0.3) is 10.9 Å². The Morgan fingerprint density at radius 1 is 1.35 bits per heavy atom. The quantitative estimate of drug-likeness (QED) is 0.853. The van der Waals surface area contributed by atoms with E-state index in [4.69, 9.17) is 0 Å². The molecule has 104 valence electrons. The van der Waals surface area contributed by atoms with Gasteiger partial charge >= 0.3 is 0 Å². The smallest absolute Gasteiger partial charge is 0.261 e. The average molecular weight is 270 g/mol. The number of aromatic nitrogens is 2. The number of hydrogen-bond donors (Lipinski definition) is 1. The van der Waals surface area contributed by atoms with E-state index in [1.165, 1.54) is 0 Å². The normalized spacial score (nSPS) is 14.8. The summed E-state index contributed by atoms with van der Waals surface area (Å²) in [5.74, 6) is 1.01. The van der Waals surface area contributed by atoms with Gasteiger partial charge in [-0.05, 0) is 31.4 Å². The molecule has 0 saturated carbocycles. The summed E-state index contributed by atoms with van der Waals surface area (Å²) in [6.07, 6.45) is 6.24. The fourth-order valence-electron chi connectivity index (χ4n) is 2.91. The van der Waals surface area contributed by atoms with Crippen LogP contribution in [-0.4, -0.2) is 14.7 Å². The van der Waals surface area contributed by atoms with E-state index in [9.17, 15) is 9.90 Å². The van der Waals surface area contributed by atoms with Gasteiger partial charge in [0.15, 0.2) is 0 Å². The zero-order chi connectivity index (χ0) is 14.1. The Bertz CT molecular complexity index is 731. The summed E-state index contributed by atoms with van der Waals surface area (Å²) in [5, 5.41) is 10.5. The molecule has 1 aromatic carbocycles. The Kier molecular flexibility index (Phi) is 3.30. The molecule has 1 aliphatic rings. The Hall–Kier alpha value is -2.10. The molecule has 2 heterocycles. The number of phenolic OH excluding ortho intramolecular Hbond substituents is 1. The summed E-state index contributed by atoms with van der Waals surface area (Å²) in [6, 6.07) is 3.34. The second kappa shape index (κ2) is 5.12. The molecule has 0 unspecified atom stereocenters. The molecule has 20 heavy (non-hydrogen) atoms. The maximum absolute atomic E-state index is 12.8. The maximum Gasteiger partial charge on any atom is 0.261 e. The third kappa shape index (κ3) is 2.01. The topological polar surface area (TPSA) is 55.1 Å². The first kappa shape index (κ1) is 12.9. The fraction of sp³-hybridized carbons (Fsp3) is 0.375. The molecule has 1 N–H and O–H groups in total. The number of phenols is 1. The molecular weight excluding hydrogens is 252 g/mol. The number of hydrogen-bond acceptors (Lipinski definition) is 3. The lowest BCUT2D eigenvalue weighted by Gasteiger charge is -2.12. The Balaban J connectivity index is 2.36. The molecule has 0 amide bonds. The lowest BCUT2D eigenvalue weighted by atomic mass is 10.0. The summed E-state index contributed by atoms with van der Waals surface area (Å²) in [5.41, 5.74) is 1.28. The summed E-state index contributed by atoms with van der Waals surface area (Å²) >= 11 is 0. The lowest BCUT2D eigenvalue weighted by Crippen LogP contribution is -2.25. The van der Waals surface area contributed by atoms with Crippen molar-refractivity contribution in [2.24, 2.45) is 0 Å². The predicted octanol–water partition coefficient (Wildman–Crippen LogP) is 2.56. The minimum absolute atomic E-state index is 0.0281. The molecule has 0 atom stereocenters. The van der Waals surface area contributed by atoms with Crippen LogP contribution in [0.15, 0.2) is 29.6 Å². The molecular formula is C16H18N2O2. The van der Waals surface area contributed by atoms with Crippen molar-refractivity contribution >= 4 is 10.9 Å². The van der Waals surface area contributed by atoms with Crippen molar-refractivity contribution in [2.45, 2.75) is 38.6 Å². The highest BCUT2D eigenvalue weighted by molar-refractivity contribution is 5.84. The van der Waals surface area contributed by atoms with Crippen molar-refractivity contribution in [1.29, 1.82) is 0 Å². The van der Waals surface area contributed by atoms with Gasteiger partial charge in [0, 0.05) is 18.5 Å². The van der Waals surface area contributed by atoms with Crippen molar-refractivity contribution in [1.82, 2.24) is 9.55 Å². The third-order valence-electron chi connectivity index (χ3n) is 3.92. The minimum Gasteiger partial charge on any atom is -0.508 e. The Morgan fingerprint density at radius 3 is 3.00 bits per heavy atom. The molecule has 4 heteroatoms. The van der Waals surface area contributed by atoms with Gasteiger partial charge in [-0.25, -0.2) is 4.98 Å². The van der Waals surface area contributed by atoms with Gasteiger partial charge in [-0.2, -0.15) is 0 Å². The predicted molar refractivity (Wildman–Crippen MR) is 79.1 cm³/mol. The van der Waals surface area contributed by atoms with Gasteiger partial charge in [0.1, 0.15) is 11.6 Å². The second-order valence-corrected chi connectivity index (χ2v) is 5.25. The van der Waals surface area contributed by atoms with Crippen LogP contribution in [0.1, 0.15) is 30.7 Å². The molecule has 0 aliphatic carbocycles. The van der Waals surface area contributed by atoms with E-state index >= 15 is 0 Å². The number of fused-ring (bicyclic) bond motifs is 2. The van der Waals surface area contributed by atoms with E-state index in [1.54, 1.807) is 22.8 Å². The first-order chi connectivity index (χ1) is 9.72. The molecule has 1 aromatic heterocycles. The number of allylic oxidation sites excluding steroid dienone is 1. The third-order valence-corrected chi connectivity index (χ3v) is 3.92. The minimum atomic E-state index is -0.0281. The van der Waals surface area contributed by atoms with Crippen LogP contribution in [0.3, 0.4) is 0 Å². The van der Waals surface area contributed by atoms with Gasteiger partial charge in [0.25, 0.3) is 5.56 Å². The van der Waals surface area contributed by atoms with E-state index in [1.807, 2.05) is 0 Å². The summed E-state index contributed by atoms with van der Waals surface area (Å²) in [4.78, 5) is 17.4. The van der Waals surface area contributed by atoms with Gasteiger partial charge in [-0.15, -0.1) is 6.58 Å². The van der Waals surface area contributed by atoms with Crippen LogP contribution in [0, 0.1) is 0 Å². The van der Waals surface area contributed by atoms with E-state index in [0.29, 0.717) is 22.9 Å². The molecule has 1 aliphatic heterocycles. The van der Waals surface area contributed by atoms with E-state index in [-0.39, 0.29) is 11.3 Å². The first-order valence-corrected chi connectivity index (χ1v) is 7.07. The Morgan fingerprint density at radius 2 is 2.20 bits per heavy atom. The van der Waals surface area contributed by atoms with Gasteiger partial charge in [0.05, 0.1) is 10.9 Å². The summed E-state index contributed by atoms with van der Waals surface area (Å²) < 4.78 is 1.78. The van der Waals surface area contributed by atoms with Crippen LogP contribution < -0.4 is 5.56 Å². The second-order valence-electron chi connectivity index (χ2n) is 5.25. The van der Waals surface area contributed by atoms with Gasteiger partial charge < -0.3 is 5.11 Å². The molecule has 3 rings (SSSR count). The van der Waals surface area contributed by atoms with Crippen molar-refractivity contribution in [3.05, 3.63) is 46.5 Å². The van der Waals surface area contributed by atoms with E-state index in [0.717, 1.165) is 38.1 Å². The fourth-order valence-corrected chi connectivity index (χ4v) is 2.91. The Labute approximate surface area is 117 Å². The van der Waals surface area contributed by atoms with Crippen molar-refractivity contribution in [3.63, 3.8) is 0 Å². The zero-order valence-electron chi connectivity index (χ0n) is 11.4. The van der Waals surface area contributed by atoms with Crippen molar-refractivity contribution in [3.8, 4) is 5.75 Å².